The summed E-state index contributed by atoms with van der Waals surface area (Å²) in [4.78, 5) is 20.2. The number of amides is 1. The minimum Gasteiger partial charge on any atom is -0.505 e. The Labute approximate surface area is 107 Å². The Hall–Kier alpha value is -1.62. The van der Waals surface area contributed by atoms with E-state index >= 15 is 0 Å². The zero-order chi connectivity index (χ0) is 13.1. The van der Waals surface area contributed by atoms with Crippen LogP contribution < -0.4 is 0 Å². The van der Waals surface area contributed by atoms with Gasteiger partial charge in [0.2, 0.25) is 0 Å². The Bertz CT molecular complexity index is 426. The van der Waals surface area contributed by atoms with Gasteiger partial charge in [-0.05, 0) is 26.0 Å². The summed E-state index contributed by atoms with van der Waals surface area (Å²) in [5.41, 5.74) is 0.149. The van der Waals surface area contributed by atoms with Crippen molar-refractivity contribution in [3.8, 4) is 5.75 Å². The third-order valence-electron chi connectivity index (χ3n) is 3.32. The maximum absolute atomic E-state index is 12.2. The second kappa shape index (κ2) is 5.35. The highest BCUT2D eigenvalue weighted by atomic mass is 16.3. The molecule has 0 aliphatic carbocycles. The van der Waals surface area contributed by atoms with Crippen molar-refractivity contribution in [3.05, 3.63) is 24.0 Å². The molecule has 5 heteroatoms. The van der Waals surface area contributed by atoms with Crippen molar-refractivity contribution in [1.29, 1.82) is 0 Å². The average Bonchev–Trinajstić information content (AvgIpc) is 2.38. The van der Waals surface area contributed by atoms with Gasteiger partial charge in [-0.25, -0.2) is 4.98 Å². The van der Waals surface area contributed by atoms with Crippen LogP contribution in [0.25, 0.3) is 0 Å². The third-order valence-corrected chi connectivity index (χ3v) is 3.32. The first-order valence-electron chi connectivity index (χ1n) is 6.27. The van der Waals surface area contributed by atoms with Crippen LogP contribution in [0.2, 0.25) is 0 Å². The lowest BCUT2D eigenvalue weighted by atomic mass is 10.2. The molecule has 1 fully saturated rings. The number of rotatable bonds is 2. The van der Waals surface area contributed by atoms with Crippen LogP contribution in [-0.2, 0) is 0 Å². The predicted molar refractivity (Wildman–Crippen MR) is 68.5 cm³/mol. The lowest BCUT2D eigenvalue weighted by Crippen LogP contribution is -2.50. The summed E-state index contributed by atoms with van der Waals surface area (Å²) in [7, 11) is 0. The van der Waals surface area contributed by atoms with E-state index in [1.54, 1.807) is 11.0 Å². The molecule has 1 aromatic heterocycles. The largest absolute Gasteiger partial charge is 0.505 e. The van der Waals surface area contributed by atoms with E-state index < -0.39 is 0 Å². The SMILES string of the molecule is CC(C)N1CCN(C(=O)c2ncccc2O)CC1. The van der Waals surface area contributed by atoms with Gasteiger partial charge in [0.25, 0.3) is 5.91 Å². The van der Waals surface area contributed by atoms with Gasteiger partial charge in [-0.2, -0.15) is 0 Å². The van der Waals surface area contributed by atoms with Crippen LogP contribution >= 0.6 is 0 Å². The molecule has 0 unspecified atom stereocenters. The van der Waals surface area contributed by atoms with E-state index in [0.29, 0.717) is 19.1 Å². The molecule has 1 N–H and O–H groups in total. The van der Waals surface area contributed by atoms with Crippen molar-refractivity contribution in [1.82, 2.24) is 14.8 Å². The molecule has 98 valence electrons. The maximum Gasteiger partial charge on any atom is 0.276 e. The Morgan fingerprint density at radius 3 is 2.56 bits per heavy atom. The number of carbonyl (C=O) groups excluding carboxylic acids is 1. The van der Waals surface area contributed by atoms with Crippen molar-refractivity contribution in [2.45, 2.75) is 19.9 Å². The molecule has 2 heterocycles. The highest BCUT2D eigenvalue weighted by Gasteiger charge is 2.25. The normalized spacial score (nSPS) is 17.2. The number of carbonyl (C=O) groups is 1. The molecule has 2 rings (SSSR count). The molecule has 1 amide bonds. The topological polar surface area (TPSA) is 56.7 Å². The summed E-state index contributed by atoms with van der Waals surface area (Å²) in [6.45, 7) is 7.43. The molecule has 0 atom stereocenters. The molecule has 1 aromatic rings. The molecule has 5 nitrogen and oxygen atoms in total. The van der Waals surface area contributed by atoms with E-state index in [1.165, 1.54) is 12.3 Å². The van der Waals surface area contributed by atoms with Crippen LogP contribution in [0.15, 0.2) is 18.3 Å². The zero-order valence-corrected chi connectivity index (χ0v) is 10.8. The van der Waals surface area contributed by atoms with Gasteiger partial charge in [0.05, 0.1) is 0 Å². The highest BCUT2D eigenvalue weighted by Crippen LogP contribution is 2.16. The van der Waals surface area contributed by atoms with Gasteiger partial charge in [-0.3, -0.25) is 9.69 Å². The van der Waals surface area contributed by atoms with E-state index in [1.807, 2.05) is 0 Å². The minimum absolute atomic E-state index is 0.0474. The Morgan fingerprint density at radius 1 is 1.33 bits per heavy atom. The Kier molecular flexibility index (Phi) is 3.81. The molecular formula is C13H19N3O2. The molecule has 1 aliphatic heterocycles. The van der Waals surface area contributed by atoms with E-state index in [0.717, 1.165) is 13.1 Å². The van der Waals surface area contributed by atoms with Crippen LogP contribution in [0.5, 0.6) is 5.75 Å². The molecular weight excluding hydrogens is 230 g/mol. The third kappa shape index (κ3) is 2.61. The number of pyridine rings is 1. The van der Waals surface area contributed by atoms with Crippen LogP contribution in [-0.4, -0.2) is 58.0 Å². The lowest BCUT2D eigenvalue weighted by Gasteiger charge is -2.36. The number of hydrogen-bond donors (Lipinski definition) is 1. The summed E-state index contributed by atoms with van der Waals surface area (Å²) in [5, 5.41) is 9.63. The number of aromatic nitrogens is 1. The first-order valence-corrected chi connectivity index (χ1v) is 6.27. The van der Waals surface area contributed by atoms with Crippen LogP contribution in [0.1, 0.15) is 24.3 Å². The fourth-order valence-electron chi connectivity index (χ4n) is 2.15. The molecule has 0 spiro atoms. The quantitative estimate of drug-likeness (QED) is 0.848. The Morgan fingerprint density at radius 2 is 2.00 bits per heavy atom. The van der Waals surface area contributed by atoms with Crippen LogP contribution in [0.3, 0.4) is 0 Å². The number of aromatic hydroxyl groups is 1. The second-order valence-electron chi connectivity index (χ2n) is 4.79. The van der Waals surface area contributed by atoms with Crippen molar-refractivity contribution in [2.75, 3.05) is 26.2 Å². The number of nitrogens with zero attached hydrogens (tertiary/aromatic N) is 3. The first kappa shape index (κ1) is 12.8. The fourth-order valence-corrected chi connectivity index (χ4v) is 2.15. The summed E-state index contributed by atoms with van der Waals surface area (Å²) in [6, 6.07) is 3.61. The molecule has 0 radical (unpaired) electrons. The summed E-state index contributed by atoms with van der Waals surface area (Å²) >= 11 is 0. The lowest BCUT2D eigenvalue weighted by molar-refractivity contribution is 0.0587. The van der Waals surface area contributed by atoms with Gasteiger partial charge in [0.1, 0.15) is 5.75 Å². The molecule has 0 aromatic carbocycles. The van der Waals surface area contributed by atoms with Gasteiger partial charge in [-0.1, -0.05) is 0 Å². The van der Waals surface area contributed by atoms with E-state index in [4.69, 9.17) is 0 Å². The van der Waals surface area contributed by atoms with Crippen LogP contribution in [0.4, 0.5) is 0 Å². The molecule has 0 bridgehead atoms. The van der Waals surface area contributed by atoms with Gasteiger partial charge >= 0.3 is 0 Å². The monoisotopic (exact) mass is 249 g/mol. The summed E-state index contributed by atoms with van der Waals surface area (Å²) < 4.78 is 0. The second-order valence-corrected chi connectivity index (χ2v) is 4.79. The standard InChI is InChI=1S/C13H19N3O2/c1-10(2)15-6-8-16(9-7-15)13(18)12-11(17)4-3-5-14-12/h3-5,10,17H,6-9H2,1-2H3. The molecule has 18 heavy (non-hydrogen) atoms. The number of hydrogen-bond acceptors (Lipinski definition) is 4. The van der Waals surface area contributed by atoms with Gasteiger partial charge in [0.15, 0.2) is 5.69 Å². The minimum atomic E-state index is -0.184. The molecule has 0 saturated carbocycles. The first-order chi connectivity index (χ1) is 8.59. The molecule has 1 saturated heterocycles. The van der Waals surface area contributed by atoms with Crippen LogP contribution in [0, 0.1) is 0 Å². The van der Waals surface area contributed by atoms with E-state index in [2.05, 4.69) is 23.7 Å². The maximum atomic E-state index is 12.2. The molecule has 1 aliphatic rings. The smallest absolute Gasteiger partial charge is 0.276 e. The van der Waals surface area contributed by atoms with Crippen molar-refractivity contribution >= 4 is 5.91 Å². The highest BCUT2D eigenvalue weighted by molar-refractivity contribution is 5.94. The van der Waals surface area contributed by atoms with Crippen molar-refractivity contribution in [2.24, 2.45) is 0 Å². The predicted octanol–water partition coefficient (Wildman–Crippen LogP) is 0.953. The number of piperazine rings is 1. The summed E-state index contributed by atoms with van der Waals surface area (Å²) in [6.07, 6.45) is 1.53. The summed E-state index contributed by atoms with van der Waals surface area (Å²) in [5.74, 6) is -0.231. The average molecular weight is 249 g/mol. The van der Waals surface area contributed by atoms with E-state index in [-0.39, 0.29) is 17.4 Å². The van der Waals surface area contributed by atoms with Crippen molar-refractivity contribution < 1.29 is 9.90 Å². The Balaban J connectivity index is 2.02. The van der Waals surface area contributed by atoms with E-state index in [9.17, 15) is 9.90 Å². The van der Waals surface area contributed by atoms with Gasteiger partial charge in [-0.15, -0.1) is 0 Å². The van der Waals surface area contributed by atoms with Crippen molar-refractivity contribution in [3.63, 3.8) is 0 Å². The van der Waals surface area contributed by atoms with Gasteiger partial charge < -0.3 is 10.0 Å². The zero-order valence-electron chi connectivity index (χ0n) is 10.8. The van der Waals surface area contributed by atoms with Gasteiger partial charge in [0, 0.05) is 38.4 Å². The fraction of sp³-hybridized carbons (Fsp3) is 0.538.